The predicted octanol–water partition coefficient (Wildman–Crippen LogP) is 3.98. The smallest absolute Gasteiger partial charge is 0.254 e. The minimum atomic E-state index is 0.0722. The maximum absolute atomic E-state index is 13.0. The molecule has 1 fully saturated rings. The van der Waals surface area contributed by atoms with Gasteiger partial charge < -0.3 is 14.6 Å². The molecule has 1 N–H and O–H groups in total. The van der Waals surface area contributed by atoms with Gasteiger partial charge in [-0.25, -0.2) is 0 Å². The van der Waals surface area contributed by atoms with Crippen LogP contribution in [0.15, 0.2) is 54.7 Å². The minimum Gasteiger partial charge on any atom is -0.497 e. The number of ether oxygens (including phenoxy) is 1. The van der Waals surface area contributed by atoms with Gasteiger partial charge in [-0.3, -0.25) is 4.79 Å². The van der Waals surface area contributed by atoms with E-state index in [2.05, 4.69) is 29.2 Å². The molecule has 4 nitrogen and oxygen atoms in total. The minimum absolute atomic E-state index is 0.0722. The molecule has 0 atom stereocenters. The third kappa shape index (κ3) is 2.87. The Morgan fingerprint density at radius 1 is 1.21 bits per heavy atom. The van der Waals surface area contributed by atoms with Gasteiger partial charge >= 0.3 is 0 Å². The Labute approximate surface area is 141 Å². The highest BCUT2D eigenvalue weighted by molar-refractivity contribution is 5.95. The standard InChI is InChI=1S/C20H20N2O2/c1-24-18-4-2-3-16(12-18)20(23)22(17-7-8-17)13-14-5-6-15-9-10-21-19(15)11-14/h2-6,9-12,17,21H,7-8,13H2,1H3. The fourth-order valence-corrected chi connectivity index (χ4v) is 3.06. The van der Waals surface area contributed by atoms with E-state index in [1.807, 2.05) is 35.4 Å². The van der Waals surface area contributed by atoms with E-state index in [-0.39, 0.29) is 5.91 Å². The van der Waals surface area contributed by atoms with Gasteiger partial charge in [0.25, 0.3) is 5.91 Å². The molecular formula is C20H20N2O2. The number of hydrogen-bond acceptors (Lipinski definition) is 2. The van der Waals surface area contributed by atoms with E-state index >= 15 is 0 Å². The predicted molar refractivity (Wildman–Crippen MR) is 94.2 cm³/mol. The second-order valence-corrected chi connectivity index (χ2v) is 6.30. The fraction of sp³-hybridized carbons (Fsp3) is 0.250. The van der Waals surface area contributed by atoms with Crippen LogP contribution in [0.25, 0.3) is 10.9 Å². The van der Waals surface area contributed by atoms with Crippen molar-refractivity contribution in [2.45, 2.75) is 25.4 Å². The second kappa shape index (κ2) is 6.04. The summed E-state index contributed by atoms with van der Waals surface area (Å²) in [6.45, 7) is 0.635. The summed E-state index contributed by atoms with van der Waals surface area (Å²) in [5, 5.41) is 1.19. The molecule has 2 aromatic carbocycles. The first-order valence-electron chi connectivity index (χ1n) is 8.25. The molecule has 0 radical (unpaired) electrons. The zero-order valence-electron chi connectivity index (χ0n) is 13.7. The lowest BCUT2D eigenvalue weighted by Crippen LogP contribution is -2.32. The summed E-state index contributed by atoms with van der Waals surface area (Å²) in [7, 11) is 1.62. The van der Waals surface area contributed by atoms with E-state index in [0.29, 0.717) is 23.9 Å². The van der Waals surface area contributed by atoms with E-state index < -0.39 is 0 Å². The molecular weight excluding hydrogens is 300 g/mol. The van der Waals surface area contributed by atoms with E-state index in [4.69, 9.17) is 4.74 Å². The van der Waals surface area contributed by atoms with Crippen LogP contribution in [0.4, 0.5) is 0 Å². The molecule has 0 unspecified atom stereocenters. The number of aromatic amines is 1. The highest BCUT2D eigenvalue weighted by Crippen LogP contribution is 2.30. The van der Waals surface area contributed by atoms with Crippen molar-refractivity contribution < 1.29 is 9.53 Å². The van der Waals surface area contributed by atoms with Gasteiger partial charge in [-0.1, -0.05) is 18.2 Å². The first kappa shape index (κ1) is 14.8. The third-order valence-corrected chi connectivity index (χ3v) is 4.54. The summed E-state index contributed by atoms with van der Waals surface area (Å²) in [6, 6.07) is 16.1. The number of aromatic nitrogens is 1. The molecule has 1 heterocycles. The number of methoxy groups -OCH3 is 1. The summed E-state index contributed by atoms with van der Waals surface area (Å²) >= 11 is 0. The SMILES string of the molecule is COc1cccc(C(=O)N(Cc2ccc3cc[nH]c3c2)C2CC2)c1. The van der Waals surface area contributed by atoms with Crippen LogP contribution in [-0.2, 0) is 6.54 Å². The molecule has 0 saturated heterocycles. The van der Waals surface area contributed by atoms with Crippen molar-refractivity contribution in [3.63, 3.8) is 0 Å². The molecule has 1 aromatic heterocycles. The molecule has 122 valence electrons. The second-order valence-electron chi connectivity index (χ2n) is 6.30. The Hall–Kier alpha value is -2.75. The number of carbonyl (C=O) groups is 1. The van der Waals surface area contributed by atoms with E-state index in [1.165, 1.54) is 5.39 Å². The lowest BCUT2D eigenvalue weighted by Gasteiger charge is -2.23. The van der Waals surface area contributed by atoms with Crippen LogP contribution >= 0.6 is 0 Å². The molecule has 0 aliphatic heterocycles. The zero-order chi connectivity index (χ0) is 16.5. The van der Waals surface area contributed by atoms with Gasteiger partial charge in [0.1, 0.15) is 5.75 Å². The number of nitrogens with zero attached hydrogens (tertiary/aromatic N) is 1. The normalized spacial score (nSPS) is 13.9. The van der Waals surface area contributed by atoms with Crippen LogP contribution in [0.1, 0.15) is 28.8 Å². The van der Waals surface area contributed by atoms with Crippen molar-refractivity contribution >= 4 is 16.8 Å². The van der Waals surface area contributed by atoms with E-state index in [9.17, 15) is 4.79 Å². The number of H-pyrrole nitrogens is 1. The molecule has 1 aliphatic carbocycles. The quantitative estimate of drug-likeness (QED) is 0.773. The van der Waals surface area contributed by atoms with Crippen LogP contribution < -0.4 is 4.74 Å². The Morgan fingerprint density at radius 3 is 2.88 bits per heavy atom. The molecule has 3 aromatic rings. The van der Waals surface area contributed by atoms with Gasteiger partial charge in [0.05, 0.1) is 7.11 Å². The number of carbonyl (C=O) groups excluding carboxylic acids is 1. The Bertz CT molecular complexity index is 880. The molecule has 4 rings (SSSR count). The zero-order valence-corrected chi connectivity index (χ0v) is 13.7. The number of benzene rings is 2. The molecule has 4 heteroatoms. The third-order valence-electron chi connectivity index (χ3n) is 4.54. The lowest BCUT2D eigenvalue weighted by molar-refractivity contribution is 0.0729. The number of hydrogen-bond donors (Lipinski definition) is 1. The maximum Gasteiger partial charge on any atom is 0.254 e. The fourth-order valence-electron chi connectivity index (χ4n) is 3.06. The van der Waals surface area contributed by atoms with Gasteiger partial charge in [-0.15, -0.1) is 0 Å². The van der Waals surface area contributed by atoms with Crippen LogP contribution in [0.3, 0.4) is 0 Å². The highest BCUT2D eigenvalue weighted by Gasteiger charge is 2.33. The van der Waals surface area contributed by atoms with E-state index in [1.54, 1.807) is 7.11 Å². The first-order chi connectivity index (χ1) is 11.7. The van der Waals surface area contributed by atoms with Crippen LogP contribution in [0, 0.1) is 0 Å². The number of nitrogens with one attached hydrogen (secondary N) is 1. The topological polar surface area (TPSA) is 45.3 Å². The van der Waals surface area contributed by atoms with Crippen LogP contribution in [0.2, 0.25) is 0 Å². The molecule has 0 bridgehead atoms. The molecule has 1 aliphatic rings. The van der Waals surface area contributed by atoms with Gasteiger partial charge in [0.2, 0.25) is 0 Å². The van der Waals surface area contributed by atoms with Gasteiger partial charge in [0.15, 0.2) is 0 Å². The summed E-state index contributed by atoms with van der Waals surface area (Å²) in [6.07, 6.45) is 4.11. The number of rotatable bonds is 5. The van der Waals surface area contributed by atoms with Crippen molar-refractivity contribution in [2.24, 2.45) is 0 Å². The average Bonchev–Trinajstić information content (AvgIpc) is 3.36. The van der Waals surface area contributed by atoms with Crippen molar-refractivity contribution in [2.75, 3.05) is 7.11 Å². The van der Waals surface area contributed by atoms with Gasteiger partial charge in [-0.05, 0) is 54.1 Å². The average molecular weight is 320 g/mol. The monoisotopic (exact) mass is 320 g/mol. The molecule has 0 spiro atoms. The van der Waals surface area contributed by atoms with Crippen LogP contribution in [0.5, 0.6) is 5.75 Å². The van der Waals surface area contributed by atoms with E-state index in [0.717, 1.165) is 23.9 Å². The Kier molecular flexibility index (Phi) is 3.73. The van der Waals surface area contributed by atoms with Gasteiger partial charge in [-0.2, -0.15) is 0 Å². The molecule has 1 saturated carbocycles. The number of amides is 1. The summed E-state index contributed by atoms with van der Waals surface area (Å²) in [5.41, 5.74) is 2.94. The van der Waals surface area contributed by atoms with Crippen molar-refractivity contribution in [3.05, 3.63) is 65.9 Å². The van der Waals surface area contributed by atoms with Crippen molar-refractivity contribution in [1.82, 2.24) is 9.88 Å². The lowest BCUT2D eigenvalue weighted by atomic mass is 10.1. The summed E-state index contributed by atoms with van der Waals surface area (Å²) in [5.74, 6) is 0.785. The van der Waals surface area contributed by atoms with Crippen LogP contribution in [-0.4, -0.2) is 28.9 Å². The Morgan fingerprint density at radius 2 is 2.08 bits per heavy atom. The maximum atomic E-state index is 13.0. The first-order valence-corrected chi connectivity index (χ1v) is 8.25. The largest absolute Gasteiger partial charge is 0.497 e. The van der Waals surface area contributed by atoms with Crippen molar-refractivity contribution in [1.29, 1.82) is 0 Å². The molecule has 1 amide bonds. The van der Waals surface area contributed by atoms with Gasteiger partial charge in [0, 0.05) is 29.9 Å². The van der Waals surface area contributed by atoms with Crippen molar-refractivity contribution in [3.8, 4) is 5.75 Å². The molecule has 24 heavy (non-hydrogen) atoms. The highest BCUT2D eigenvalue weighted by atomic mass is 16.5. The Balaban J connectivity index is 1.60. The summed E-state index contributed by atoms with van der Waals surface area (Å²) in [4.78, 5) is 18.2. The summed E-state index contributed by atoms with van der Waals surface area (Å²) < 4.78 is 5.24. The number of fused-ring (bicyclic) bond motifs is 1.